The summed E-state index contributed by atoms with van der Waals surface area (Å²) in [6, 6.07) is 25.4. The monoisotopic (exact) mass is 943 g/mol. The first-order chi connectivity index (χ1) is 32.8. The molecule has 0 aliphatic carbocycles. The van der Waals surface area contributed by atoms with Gasteiger partial charge >= 0.3 is 0 Å². The van der Waals surface area contributed by atoms with E-state index in [1.807, 2.05) is 48.5 Å². The van der Waals surface area contributed by atoms with E-state index in [0.717, 1.165) is 22.2 Å². The van der Waals surface area contributed by atoms with Gasteiger partial charge in [0.2, 0.25) is 23.7 Å². The fourth-order valence-corrected chi connectivity index (χ4v) is 9.36. The number of rotatable bonds is 17. The number of imide groups is 2. The van der Waals surface area contributed by atoms with E-state index in [2.05, 4.69) is 30.6 Å². The molecular formula is C48H49N9O10S. The van der Waals surface area contributed by atoms with E-state index in [0.29, 0.717) is 91.8 Å². The number of hydrogen-bond donors (Lipinski definition) is 4. The zero-order valence-electron chi connectivity index (χ0n) is 37.2. The van der Waals surface area contributed by atoms with Crippen molar-refractivity contribution >= 4 is 56.1 Å². The average Bonchev–Trinajstić information content (AvgIpc) is 3.99. The maximum atomic E-state index is 13.9. The number of amides is 5. The van der Waals surface area contributed by atoms with Gasteiger partial charge in [0.25, 0.3) is 17.4 Å². The number of benzene rings is 4. The van der Waals surface area contributed by atoms with Crippen LogP contribution >= 0.6 is 0 Å². The molecule has 2 aromatic heterocycles. The third-order valence-corrected chi connectivity index (χ3v) is 13.5. The topological polar surface area (TPSA) is 238 Å². The second-order valence-corrected chi connectivity index (χ2v) is 18.9. The van der Waals surface area contributed by atoms with Crippen LogP contribution in [-0.4, -0.2) is 144 Å². The number of aryl methyl sites for hydroxylation is 1. The molecule has 0 radical (unpaired) electrons. The molecule has 0 bridgehead atoms. The van der Waals surface area contributed by atoms with Gasteiger partial charge in [-0.05, 0) is 78.9 Å². The number of ether oxygens (including phenoxy) is 2. The number of aromatic nitrogens is 4. The van der Waals surface area contributed by atoms with Crippen molar-refractivity contribution in [3.05, 3.63) is 124 Å². The van der Waals surface area contributed by atoms with Crippen molar-refractivity contribution in [2.75, 3.05) is 70.7 Å². The fourth-order valence-electron chi connectivity index (χ4n) is 8.73. The van der Waals surface area contributed by atoms with Crippen LogP contribution < -0.4 is 20.9 Å². The summed E-state index contributed by atoms with van der Waals surface area (Å²) >= 11 is 0. The van der Waals surface area contributed by atoms with Gasteiger partial charge in [0, 0.05) is 63.2 Å². The number of nitrogens with zero attached hydrogens (tertiary/aromatic N) is 5. The molecule has 352 valence electrons. The van der Waals surface area contributed by atoms with Gasteiger partial charge < -0.3 is 24.7 Å². The van der Waals surface area contributed by atoms with Gasteiger partial charge in [0.1, 0.15) is 25.0 Å². The molecule has 0 saturated carbocycles. The summed E-state index contributed by atoms with van der Waals surface area (Å²) in [7, 11) is -3.41. The number of piperidine rings is 1. The molecule has 9 rings (SSSR count). The van der Waals surface area contributed by atoms with Gasteiger partial charge in [-0.1, -0.05) is 42.5 Å². The smallest absolute Gasteiger partial charge is 0.277 e. The van der Waals surface area contributed by atoms with Crippen molar-refractivity contribution in [3.8, 4) is 23.0 Å². The van der Waals surface area contributed by atoms with Crippen molar-refractivity contribution in [1.29, 1.82) is 0 Å². The molecule has 3 aliphatic rings. The molecule has 1 unspecified atom stereocenters. The molecule has 2 saturated heterocycles. The van der Waals surface area contributed by atoms with Gasteiger partial charge in [-0.3, -0.25) is 49.0 Å². The summed E-state index contributed by atoms with van der Waals surface area (Å²) < 4.78 is 37.2. The zero-order chi connectivity index (χ0) is 47.5. The standard InChI is InChI=1S/C48H49N9O10S/c1-68(64,65)33-16-12-31(13-17-33)43-35(46(62)57(53-43)48-50-36-6-2-3-7-37(36)51-48)18-11-30-9-14-32(15-10-30)67-28-27-66-29-41(59)55-25-23-54(24-26-55)22-21-49-38-8-4-5-34-42(38)47(63)56(45(34)61)39-19-20-40(58)52-44(39)60/h2-10,12-17,39,49,53H,11,18-29H2,1H3,(H,50,51)(H,52,58,60). The van der Waals surface area contributed by atoms with Crippen LogP contribution in [0, 0.1) is 0 Å². The molecule has 5 heterocycles. The molecule has 6 aromatic rings. The van der Waals surface area contributed by atoms with Crippen LogP contribution in [0.2, 0.25) is 0 Å². The highest BCUT2D eigenvalue weighted by Crippen LogP contribution is 2.32. The predicted molar refractivity (Wildman–Crippen MR) is 249 cm³/mol. The Balaban J connectivity index is 0.707. The second-order valence-electron chi connectivity index (χ2n) is 16.8. The van der Waals surface area contributed by atoms with Gasteiger partial charge in [-0.2, -0.15) is 4.68 Å². The van der Waals surface area contributed by atoms with Crippen LogP contribution in [0.25, 0.3) is 28.2 Å². The number of hydrogen-bond acceptors (Lipinski definition) is 13. The number of carbonyl (C=O) groups excluding carboxylic acids is 5. The molecular weight excluding hydrogens is 895 g/mol. The summed E-state index contributed by atoms with van der Waals surface area (Å²) in [6.45, 7) is 3.83. The molecule has 1 atom stereocenters. The van der Waals surface area contributed by atoms with Crippen LogP contribution in [0.5, 0.6) is 5.75 Å². The first-order valence-electron chi connectivity index (χ1n) is 22.3. The summed E-state index contributed by atoms with van der Waals surface area (Å²) in [5.41, 5.74) is 4.86. The Labute approximate surface area is 390 Å². The third kappa shape index (κ3) is 9.69. The van der Waals surface area contributed by atoms with Crippen molar-refractivity contribution in [1.82, 2.24) is 39.8 Å². The number of H-pyrrole nitrogens is 2. The first kappa shape index (κ1) is 45.7. The Morgan fingerprint density at radius 3 is 2.35 bits per heavy atom. The van der Waals surface area contributed by atoms with Gasteiger partial charge in [0.05, 0.1) is 39.4 Å². The van der Waals surface area contributed by atoms with Crippen LogP contribution in [0.4, 0.5) is 5.69 Å². The van der Waals surface area contributed by atoms with Crippen LogP contribution in [0.3, 0.4) is 0 Å². The van der Waals surface area contributed by atoms with E-state index < -0.39 is 39.5 Å². The summed E-state index contributed by atoms with van der Waals surface area (Å²) in [5, 5.41) is 8.69. The molecule has 3 aliphatic heterocycles. The SMILES string of the molecule is CS(=O)(=O)c1ccc(-c2[nH]n(-c3nc4ccccc4[nH]3)c(=O)c2CCc2ccc(OCCOCC(=O)N3CCN(CCNc4cccc5c4C(=O)N(C4CCC(=O)NC4=O)C5=O)CC3)cc2)cc1. The third-order valence-electron chi connectivity index (χ3n) is 12.4. The molecule has 19 nitrogen and oxygen atoms in total. The molecule has 68 heavy (non-hydrogen) atoms. The van der Waals surface area contributed by atoms with E-state index in [9.17, 15) is 37.2 Å². The average molecular weight is 944 g/mol. The normalized spacial score (nSPS) is 16.6. The molecule has 5 amide bonds. The summed E-state index contributed by atoms with van der Waals surface area (Å²) in [6.07, 6.45) is 2.21. The van der Waals surface area contributed by atoms with E-state index in [1.54, 1.807) is 35.2 Å². The molecule has 0 spiro atoms. The Morgan fingerprint density at radius 2 is 1.62 bits per heavy atom. The zero-order valence-corrected chi connectivity index (χ0v) is 38.0. The van der Waals surface area contributed by atoms with Crippen LogP contribution in [0.1, 0.15) is 44.7 Å². The summed E-state index contributed by atoms with van der Waals surface area (Å²) in [5.74, 6) is -1.35. The number of piperazine rings is 1. The number of imidazole rings is 1. The fraction of sp³-hybridized carbons (Fsp3) is 0.312. The second kappa shape index (κ2) is 19.4. The lowest BCUT2D eigenvalue weighted by Gasteiger charge is -2.34. The lowest BCUT2D eigenvalue weighted by molar-refractivity contribution is -0.138. The maximum Gasteiger partial charge on any atom is 0.277 e. The Hall–Kier alpha value is -7.42. The maximum absolute atomic E-state index is 13.9. The van der Waals surface area contributed by atoms with E-state index in [-0.39, 0.29) is 60.2 Å². The van der Waals surface area contributed by atoms with Gasteiger partial charge in [-0.15, -0.1) is 0 Å². The van der Waals surface area contributed by atoms with Crippen molar-refractivity contribution in [2.24, 2.45) is 0 Å². The van der Waals surface area contributed by atoms with E-state index >= 15 is 0 Å². The first-order valence-corrected chi connectivity index (χ1v) is 24.2. The number of aromatic amines is 2. The number of carbonyl (C=O) groups is 5. The Morgan fingerprint density at radius 1 is 0.853 bits per heavy atom. The number of sulfone groups is 1. The highest BCUT2D eigenvalue weighted by atomic mass is 32.2. The quantitative estimate of drug-likeness (QED) is 0.0762. The predicted octanol–water partition coefficient (Wildman–Crippen LogP) is 2.95. The number of fused-ring (bicyclic) bond motifs is 2. The van der Waals surface area contributed by atoms with Crippen LogP contribution in [0.15, 0.2) is 101 Å². The van der Waals surface area contributed by atoms with E-state index in [1.165, 1.54) is 16.8 Å². The highest BCUT2D eigenvalue weighted by molar-refractivity contribution is 7.90. The molecule has 2 fully saturated rings. The Kier molecular flexibility index (Phi) is 13.1. The van der Waals surface area contributed by atoms with Crippen molar-refractivity contribution in [2.45, 2.75) is 36.6 Å². The van der Waals surface area contributed by atoms with Gasteiger partial charge in [-0.25, -0.2) is 13.4 Å². The molecule has 20 heteroatoms. The Bertz CT molecular complexity index is 3050. The minimum Gasteiger partial charge on any atom is -0.491 e. The number of nitrogens with one attached hydrogen (secondary N) is 4. The molecule has 4 aromatic carbocycles. The minimum atomic E-state index is -3.41. The highest BCUT2D eigenvalue weighted by Gasteiger charge is 2.45. The van der Waals surface area contributed by atoms with E-state index in [4.69, 9.17) is 9.47 Å². The lowest BCUT2D eigenvalue weighted by atomic mass is 10.0. The number of anilines is 1. The number of para-hydroxylation sites is 2. The summed E-state index contributed by atoms with van der Waals surface area (Å²) in [4.78, 5) is 90.4. The lowest BCUT2D eigenvalue weighted by Crippen LogP contribution is -2.54. The molecule has 4 N–H and O–H groups in total. The largest absolute Gasteiger partial charge is 0.491 e. The van der Waals surface area contributed by atoms with Crippen molar-refractivity contribution < 1.29 is 41.9 Å². The van der Waals surface area contributed by atoms with Crippen LogP contribution in [-0.2, 0) is 41.8 Å². The van der Waals surface area contributed by atoms with Gasteiger partial charge in [0.15, 0.2) is 9.84 Å². The van der Waals surface area contributed by atoms with Crippen molar-refractivity contribution in [3.63, 3.8) is 0 Å². The minimum absolute atomic E-state index is 0.0487.